The predicted molar refractivity (Wildman–Crippen MR) is 489 cm³/mol. The van der Waals surface area contributed by atoms with Gasteiger partial charge in [0.1, 0.15) is 0 Å². The number of fused-ring (bicyclic) bond motifs is 17. The van der Waals surface area contributed by atoms with Gasteiger partial charge < -0.3 is 0 Å². The van der Waals surface area contributed by atoms with E-state index in [-0.39, 0.29) is 10.8 Å². The molecule has 0 unspecified atom stereocenters. The normalized spacial score (nSPS) is 13.4. The van der Waals surface area contributed by atoms with Crippen LogP contribution < -0.4 is 0 Å². The molecule has 0 aromatic heterocycles. The van der Waals surface area contributed by atoms with E-state index in [1.165, 1.54) is 252 Å². The van der Waals surface area contributed by atoms with Crippen LogP contribution >= 0.6 is 0 Å². The monoisotopic (exact) mass is 1440 g/mol. The lowest BCUT2D eigenvalue weighted by Crippen LogP contribution is -2.15. The summed E-state index contributed by atoms with van der Waals surface area (Å²) in [5.41, 5.74) is 31.3. The Labute approximate surface area is 662 Å². The summed E-state index contributed by atoms with van der Waals surface area (Å²) in [6.45, 7) is 9.55. The molecule has 0 saturated carbocycles. The molecule has 114 heavy (non-hydrogen) atoms. The van der Waals surface area contributed by atoms with E-state index in [2.05, 4.69) is 404 Å². The van der Waals surface area contributed by atoms with Crippen LogP contribution in [0, 0.1) is 0 Å². The highest BCUT2D eigenvalue weighted by Crippen LogP contribution is 2.57. The molecule has 22 aromatic carbocycles. The van der Waals surface area contributed by atoms with E-state index < -0.39 is 0 Å². The zero-order chi connectivity index (χ0) is 75.4. The standard InChI is InChI=1S/C60H42.C54H32/c1-59(2)52-22-11-9-16-41(52)43-27-25-36(33-54(43)59)56-47-18-7-8-19-48(47)57(37-26-28-44-42-17-10-12-23-53(42)60(3,4)55(44)34-37)51-32-35(24-29-50(51)56)38-30-31-49-40-15-6-5-14-39(40)46-21-13-20-45(38)58(46)49;1-3-12-36-30-39(24-22-33(36)10-1)52-43-16-5-6-17-44(43)53(40-25-23-34-11-2-4-13-37(34)31-40)50-32-38(26-27-49(50)52)41-28-29-48-46-19-8-15-35-14-7-18-45(51(35)46)47-21-9-20-42(41)54(47)48/h5-34H,1-4H3;1-32H. The molecule has 0 amide bonds. The number of benzene rings is 22. The molecule has 22 aromatic rings. The Hall–Kier alpha value is -14.0. The number of rotatable bonds is 6. The van der Waals surface area contributed by atoms with E-state index in [1.54, 1.807) is 0 Å². The average molecular weight is 1440 g/mol. The lowest BCUT2D eigenvalue weighted by atomic mass is 9.79. The van der Waals surface area contributed by atoms with Crippen molar-refractivity contribution in [2.24, 2.45) is 0 Å². The maximum absolute atomic E-state index is 2.51. The molecule has 0 atom stereocenters. The molecule has 0 aliphatic heterocycles. The minimum Gasteiger partial charge on any atom is -0.0619 e. The van der Waals surface area contributed by atoms with Gasteiger partial charge in [-0.15, -0.1) is 0 Å². The summed E-state index contributed by atoms with van der Waals surface area (Å²) >= 11 is 0. The van der Waals surface area contributed by atoms with Gasteiger partial charge in [-0.25, -0.2) is 0 Å². The van der Waals surface area contributed by atoms with Gasteiger partial charge in [0, 0.05) is 10.8 Å². The van der Waals surface area contributed by atoms with Crippen molar-refractivity contribution < 1.29 is 0 Å². The van der Waals surface area contributed by atoms with Crippen LogP contribution in [0.25, 0.3) is 230 Å². The Morgan fingerprint density at radius 2 is 0.430 bits per heavy atom. The van der Waals surface area contributed by atoms with Gasteiger partial charge in [0.2, 0.25) is 0 Å². The first kappa shape index (κ1) is 64.7. The van der Waals surface area contributed by atoms with Gasteiger partial charge in [0.25, 0.3) is 0 Å². The Balaban J connectivity index is 0.000000132. The lowest BCUT2D eigenvalue weighted by molar-refractivity contribution is 0.660. The van der Waals surface area contributed by atoms with E-state index >= 15 is 0 Å². The van der Waals surface area contributed by atoms with Gasteiger partial charge in [-0.1, -0.05) is 367 Å². The molecule has 0 nitrogen and oxygen atoms in total. The molecule has 3 aliphatic rings. The largest absolute Gasteiger partial charge is 0.0619 e. The number of hydrogen-bond acceptors (Lipinski definition) is 0. The molecular weight excluding hydrogens is 1370 g/mol. The molecule has 0 radical (unpaired) electrons. The fourth-order valence-electron chi connectivity index (χ4n) is 21.3. The van der Waals surface area contributed by atoms with Crippen LogP contribution in [0.15, 0.2) is 376 Å². The van der Waals surface area contributed by atoms with Crippen LogP contribution in [-0.4, -0.2) is 0 Å². The van der Waals surface area contributed by atoms with Crippen LogP contribution in [0.2, 0.25) is 0 Å². The molecular formula is C114H74. The Kier molecular flexibility index (Phi) is 13.8. The van der Waals surface area contributed by atoms with E-state index in [0.29, 0.717) is 0 Å². The molecule has 0 heterocycles. The van der Waals surface area contributed by atoms with Crippen LogP contribution in [0.1, 0.15) is 49.9 Å². The minimum absolute atomic E-state index is 0.0924. The Morgan fingerprint density at radius 1 is 0.140 bits per heavy atom. The second-order valence-corrected chi connectivity index (χ2v) is 33.1. The summed E-state index contributed by atoms with van der Waals surface area (Å²) in [5, 5.41) is 28.4. The van der Waals surface area contributed by atoms with Crippen molar-refractivity contribution >= 4 is 118 Å². The SMILES string of the molecule is CC1(C)c2ccccc2-c2ccc(-c3c4ccccc4c(-c4ccc5c(c4)C(C)(C)c4ccccc4-5)c4cc(-c5ccc6c7c(cccc57)-c5ccccc5-6)ccc34)cc21.c1ccc2cc(-c3c4ccccc4c(-c4ccc5ccccc5c4)c4cc(-c5ccc6c7cccc8cccc(c9cccc5c96)c87)ccc34)ccc2c1. The van der Waals surface area contributed by atoms with E-state index in [4.69, 9.17) is 0 Å². The Bertz CT molecular complexity index is 7890. The second kappa shape index (κ2) is 24.2. The van der Waals surface area contributed by atoms with Crippen molar-refractivity contribution in [1.29, 1.82) is 0 Å². The maximum atomic E-state index is 2.51. The third kappa shape index (κ3) is 9.28. The fourth-order valence-corrected chi connectivity index (χ4v) is 21.3. The van der Waals surface area contributed by atoms with Gasteiger partial charge in [0.05, 0.1) is 0 Å². The van der Waals surface area contributed by atoms with Crippen molar-refractivity contribution in [2.45, 2.75) is 38.5 Å². The van der Waals surface area contributed by atoms with Crippen molar-refractivity contribution in [3.8, 4) is 111 Å². The van der Waals surface area contributed by atoms with Crippen molar-refractivity contribution in [3.05, 3.63) is 398 Å². The summed E-state index contributed by atoms with van der Waals surface area (Å²) in [4.78, 5) is 0. The van der Waals surface area contributed by atoms with Crippen molar-refractivity contribution in [2.75, 3.05) is 0 Å². The van der Waals surface area contributed by atoms with Gasteiger partial charge in [-0.3, -0.25) is 0 Å². The maximum Gasteiger partial charge on any atom is 0.0159 e. The van der Waals surface area contributed by atoms with Crippen LogP contribution in [0.3, 0.4) is 0 Å². The average Bonchev–Trinajstić information content (AvgIpc) is 1.18. The van der Waals surface area contributed by atoms with Gasteiger partial charge >= 0.3 is 0 Å². The van der Waals surface area contributed by atoms with E-state index in [0.717, 1.165) is 0 Å². The molecule has 0 bridgehead atoms. The second-order valence-electron chi connectivity index (χ2n) is 33.1. The highest BCUT2D eigenvalue weighted by molar-refractivity contribution is 6.35. The Morgan fingerprint density at radius 3 is 0.939 bits per heavy atom. The topological polar surface area (TPSA) is 0 Å². The summed E-state index contributed by atoms with van der Waals surface area (Å²) in [5.74, 6) is 0. The predicted octanol–water partition coefficient (Wildman–Crippen LogP) is 31.8. The van der Waals surface area contributed by atoms with Crippen LogP contribution in [0.5, 0.6) is 0 Å². The first-order valence-electron chi connectivity index (χ1n) is 40.3. The smallest absolute Gasteiger partial charge is 0.0159 e. The minimum atomic E-state index is -0.102. The summed E-state index contributed by atoms with van der Waals surface area (Å²) in [6, 6.07) is 142. The highest BCUT2D eigenvalue weighted by Gasteiger charge is 2.38. The first-order valence-corrected chi connectivity index (χ1v) is 40.3. The molecule has 0 heteroatoms. The van der Waals surface area contributed by atoms with Crippen molar-refractivity contribution in [1.82, 2.24) is 0 Å². The summed E-state index contributed by atoms with van der Waals surface area (Å²) in [6.07, 6.45) is 0. The van der Waals surface area contributed by atoms with Crippen molar-refractivity contribution in [3.63, 3.8) is 0 Å². The first-order chi connectivity index (χ1) is 56.1. The molecule has 3 aliphatic carbocycles. The lowest BCUT2D eigenvalue weighted by Gasteiger charge is -2.24. The molecule has 0 fully saturated rings. The molecule has 0 N–H and O–H groups in total. The van der Waals surface area contributed by atoms with Crippen LogP contribution in [-0.2, 0) is 10.8 Å². The summed E-state index contributed by atoms with van der Waals surface area (Å²) < 4.78 is 0. The van der Waals surface area contributed by atoms with Gasteiger partial charge in [-0.05, 0) is 288 Å². The molecule has 25 rings (SSSR count). The van der Waals surface area contributed by atoms with Crippen LogP contribution in [0.4, 0.5) is 0 Å². The third-order valence-electron chi connectivity index (χ3n) is 26.6. The zero-order valence-corrected chi connectivity index (χ0v) is 63.8. The fraction of sp³-hybridized carbons (Fsp3) is 0.0526. The number of hydrogen-bond donors (Lipinski definition) is 0. The van der Waals surface area contributed by atoms with Gasteiger partial charge in [-0.2, -0.15) is 0 Å². The molecule has 0 spiro atoms. The van der Waals surface area contributed by atoms with Gasteiger partial charge in [0.15, 0.2) is 0 Å². The zero-order valence-electron chi connectivity index (χ0n) is 63.8. The third-order valence-corrected chi connectivity index (χ3v) is 26.6. The highest BCUT2D eigenvalue weighted by atomic mass is 14.4. The van der Waals surface area contributed by atoms with E-state index in [9.17, 15) is 0 Å². The van der Waals surface area contributed by atoms with E-state index in [1.807, 2.05) is 0 Å². The quantitative estimate of drug-likeness (QED) is 0.115. The molecule has 530 valence electrons. The summed E-state index contributed by atoms with van der Waals surface area (Å²) in [7, 11) is 0. The molecule has 0 saturated heterocycles.